The fourth-order valence-electron chi connectivity index (χ4n) is 2.14. The van der Waals surface area contributed by atoms with Gasteiger partial charge in [0.1, 0.15) is 5.82 Å². The molecule has 15 heavy (non-hydrogen) atoms. The average molecular weight is 204 g/mol. The molecule has 1 aliphatic carbocycles. The first-order chi connectivity index (χ1) is 7.29. The molecule has 3 nitrogen and oxygen atoms in total. The Hall–Kier alpha value is -1.25. The SMILES string of the molecule is CC1CCC(c2ncc(C=O)cn2)CC1. The molecule has 1 aliphatic rings. The lowest BCUT2D eigenvalue weighted by Gasteiger charge is -2.24. The molecule has 0 spiro atoms. The monoisotopic (exact) mass is 204 g/mol. The van der Waals surface area contributed by atoms with E-state index in [9.17, 15) is 4.79 Å². The minimum absolute atomic E-state index is 0.502. The van der Waals surface area contributed by atoms with E-state index in [1.807, 2.05) is 0 Å². The highest BCUT2D eigenvalue weighted by atomic mass is 16.1. The molecular weight excluding hydrogens is 188 g/mol. The van der Waals surface area contributed by atoms with Crippen LogP contribution < -0.4 is 0 Å². The van der Waals surface area contributed by atoms with Crippen molar-refractivity contribution in [2.45, 2.75) is 38.5 Å². The fraction of sp³-hybridized carbons (Fsp3) is 0.583. The highest BCUT2D eigenvalue weighted by Crippen LogP contribution is 2.33. The molecule has 0 N–H and O–H groups in total. The lowest BCUT2D eigenvalue weighted by molar-refractivity contribution is 0.112. The summed E-state index contributed by atoms with van der Waals surface area (Å²) in [5.41, 5.74) is 0.558. The first-order valence-electron chi connectivity index (χ1n) is 5.56. The number of aldehydes is 1. The van der Waals surface area contributed by atoms with Gasteiger partial charge in [-0.15, -0.1) is 0 Å². The van der Waals surface area contributed by atoms with Gasteiger partial charge in [0, 0.05) is 18.3 Å². The number of carbonyl (C=O) groups excluding carboxylic acids is 1. The Morgan fingerprint density at radius 1 is 1.20 bits per heavy atom. The molecule has 2 rings (SSSR count). The Balaban J connectivity index is 2.06. The predicted molar refractivity (Wildman–Crippen MR) is 57.8 cm³/mol. The second-order valence-electron chi connectivity index (χ2n) is 4.45. The number of aromatic nitrogens is 2. The van der Waals surface area contributed by atoms with E-state index < -0.39 is 0 Å². The molecule has 0 bridgehead atoms. The van der Waals surface area contributed by atoms with E-state index in [0.717, 1.165) is 18.0 Å². The maximum atomic E-state index is 10.5. The third-order valence-electron chi connectivity index (χ3n) is 3.21. The summed E-state index contributed by atoms with van der Waals surface area (Å²) in [6.45, 7) is 2.30. The van der Waals surface area contributed by atoms with Gasteiger partial charge in [-0.05, 0) is 18.8 Å². The molecule has 3 heteroatoms. The van der Waals surface area contributed by atoms with Crippen molar-refractivity contribution in [3.63, 3.8) is 0 Å². The summed E-state index contributed by atoms with van der Waals surface area (Å²) in [6.07, 6.45) is 8.92. The Kier molecular flexibility index (Phi) is 3.09. The summed E-state index contributed by atoms with van der Waals surface area (Å²) in [7, 11) is 0. The van der Waals surface area contributed by atoms with Gasteiger partial charge < -0.3 is 0 Å². The van der Waals surface area contributed by atoms with Crippen molar-refractivity contribution < 1.29 is 4.79 Å². The van der Waals surface area contributed by atoms with Crippen molar-refractivity contribution in [3.8, 4) is 0 Å². The van der Waals surface area contributed by atoms with Gasteiger partial charge in [0.2, 0.25) is 0 Å². The summed E-state index contributed by atoms with van der Waals surface area (Å²) in [4.78, 5) is 19.0. The van der Waals surface area contributed by atoms with Crippen LogP contribution in [0.5, 0.6) is 0 Å². The van der Waals surface area contributed by atoms with Crippen LogP contribution in [-0.4, -0.2) is 16.3 Å². The van der Waals surface area contributed by atoms with Crippen LogP contribution in [0.25, 0.3) is 0 Å². The molecule has 0 unspecified atom stereocenters. The maximum absolute atomic E-state index is 10.5. The van der Waals surface area contributed by atoms with Crippen LogP contribution in [0.3, 0.4) is 0 Å². The molecule has 0 radical (unpaired) electrons. The molecular formula is C12H16N2O. The maximum Gasteiger partial charge on any atom is 0.153 e. The summed E-state index contributed by atoms with van der Waals surface area (Å²) in [6, 6.07) is 0. The zero-order chi connectivity index (χ0) is 10.7. The van der Waals surface area contributed by atoms with Gasteiger partial charge in [-0.2, -0.15) is 0 Å². The van der Waals surface area contributed by atoms with Crippen LogP contribution in [-0.2, 0) is 0 Å². The quantitative estimate of drug-likeness (QED) is 0.695. The summed E-state index contributed by atoms with van der Waals surface area (Å²) >= 11 is 0. The third-order valence-corrected chi connectivity index (χ3v) is 3.21. The van der Waals surface area contributed by atoms with E-state index in [0.29, 0.717) is 11.5 Å². The van der Waals surface area contributed by atoms with E-state index in [1.54, 1.807) is 12.4 Å². The van der Waals surface area contributed by atoms with E-state index in [4.69, 9.17) is 0 Å². The van der Waals surface area contributed by atoms with Crippen LogP contribution >= 0.6 is 0 Å². The molecule has 1 fully saturated rings. The van der Waals surface area contributed by atoms with Crippen LogP contribution in [0.4, 0.5) is 0 Å². The Bertz CT molecular complexity index is 326. The van der Waals surface area contributed by atoms with Gasteiger partial charge >= 0.3 is 0 Å². The van der Waals surface area contributed by atoms with E-state index in [2.05, 4.69) is 16.9 Å². The van der Waals surface area contributed by atoms with Crippen LogP contribution in [0, 0.1) is 5.92 Å². The molecule has 0 aromatic carbocycles. The van der Waals surface area contributed by atoms with Crippen LogP contribution in [0.2, 0.25) is 0 Å². The van der Waals surface area contributed by atoms with Crippen LogP contribution in [0.15, 0.2) is 12.4 Å². The molecule has 0 atom stereocenters. The van der Waals surface area contributed by atoms with Gasteiger partial charge in [-0.1, -0.05) is 19.8 Å². The lowest BCUT2D eigenvalue weighted by Crippen LogP contribution is -2.13. The van der Waals surface area contributed by atoms with E-state index in [1.165, 1.54) is 25.7 Å². The number of rotatable bonds is 2. The summed E-state index contributed by atoms with van der Waals surface area (Å²) in [5.74, 6) is 2.25. The first kappa shape index (κ1) is 10.3. The second-order valence-corrected chi connectivity index (χ2v) is 4.45. The first-order valence-corrected chi connectivity index (χ1v) is 5.56. The molecule has 80 valence electrons. The van der Waals surface area contributed by atoms with Crippen molar-refractivity contribution in [1.82, 2.24) is 9.97 Å². The normalized spacial score (nSPS) is 26.2. The highest BCUT2D eigenvalue weighted by Gasteiger charge is 2.21. The van der Waals surface area contributed by atoms with Gasteiger partial charge in [0.15, 0.2) is 6.29 Å². The number of carbonyl (C=O) groups is 1. The molecule has 1 aromatic rings. The van der Waals surface area contributed by atoms with Crippen molar-refractivity contribution in [1.29, 1.82) is 0 Å². The summed E-state index contributed by atoms with van der Waals surface area (Å²) < 4.78 is 0. The Morgan fingerprint density at radius 2 is 1.80 bits per heavy atom. The minimum atomic E-state index is 0.502. The molecule has 0 aliphatic heterocycles. The molecule has 1 heterocycles. The Labute approximate surface area is 89.9 Å². The van der Waals surface area contributed by atoms with Gasteiger partial charge in [0.05, 0.1) is 5.56 Å². The number of nitrogens with zero attached hydrogens (tertiary/aromatic N) is 2. The van der Waals surface area contributed by atoms with Gasteiger partial charge in [-0.3, -0.25) is 4.79 Å². The summed E-state index contributed by atoms with van der Waals surface area (Å²) in [5, 5.41) is 0. The van der Waals surface area contributed by atoms with E-state index >= 15 is 0 Å². The zero-order valence-electron chi connectivity index (χ0n) is 9.02. The minimum Gasteiger partial charge on any atom is -0.298 e. The van der Waals surface area contributed by atoms with Gasteiger partial charge in [-0.25, -0.2) is 9.97 Å². The highest BCUT2D eigenvalue weighted by molar-refractivity contribution is 5.73. The van der Waals surface area contributed by atoms with Crippen LogP contribution in [0.1, 0.15) is 54.7 Å². The van der Waals surface area contributed by atoms with Crippen molar-refractivity contribution in [2.24, 2.45) is 5.92 Å². The van der Waals surface area contributed by atoms with Crippen molar-refractivity contribution in [3.05, 3.63) is 23.8 Å². The molecule has 0 saturated heterocycles. The molecule has 1 saturated carbocycles. The second kappa shape index (κ2) is 4.51. The van der Waals surface area contributed by atoms with Gasteiger partial charge in [0.25, 0.3) is 0 Å². The standard InChI is InChI=1S/C12H16N2O/c1-9-2-4-11(5-3-9)12-13-6-10(8-15)7-14-12/h6-9,11H,2-5H2,1H3. The number of hydrogen-bond donors (Lipinski definition) is 0. The number of hydrogen-bond acceptors (Lipinski definition) is 3. The Morgan fingerprint density at radius 3 is 2.33 bits per heavy atom. The van der Waals surface area contributed by atoms with Crippen molar-refractivity contribution in [2.75, 3.05) is 0 Å². The fourth-order valence-corrected chi connectivity index (χ4v) is 2.14. The lowest BCUT2D eigenvalue weighted by atomic mass is 9.82. The zero-order valence-corrected chi connectivity index (χ0v) is 9.02. The average Bonchev–Trinajstić information content (AvgIpc) is 2.30. The molecule has 1 aromatic heterocycles. The van der Waals surface area contributed by atoms with E-state index in [-0.39, 0.29) is 0 Å². The predicted octanol–water partition coefficient (Wildman–Crippen LogP) is 2.58. The van der Waals surface area contributed by atoms with Crippen molar-refractivity contribution >= 4 is 6.29 Å². The largest absolute Gasteiger partial charge is 0.298 e. The molecule has 0 amide bonds. The third kappa shape index (κ3) is 2.41. The smallest absolute Gasteiger partial charge is 0.153 e. The topological polar surface area (TPSA) is 42.9 Å².